The van der Waals surface area contributed by atoms with Crippen LogP contribution in [0, 0.1) is 11.3 Å². The third-order valence-corrected chi connectivity index (χ3v) is 1.85. The Morgan fingerprint density at radius 1 is 1.62 bits per heavy atom. The molecule has 64 valence electrons. The van der Waals surface area contributed by atoms with Gasteiger partial charge in [-0.05, 0) is 0 Å². The number of rotatable bonds is 1. The molecule has 0 fully saturated rings. The number of methoxy groups -OCH3 is 1. The molecule has 4 heteroatoms. The van der Waals surface area contributed by atoms with E-state index in [2.05, 4.69) is 11.1 Å². The maximum Gasteiger partial charge on any atom is 0.140 e. The highest BCUT2D eigenvalue weighted by Gasteiger charge is 2.03. The molecule has 0 aliphatic carbocycles. The van der Waals surface area contributed by atoms with Gasteiger partial charge in [-0.15, -0.1) is 0 Å². The Bertz CT molecular complexity index is 481. The molecule has 0 aliphatic heterocycles. The van der Waals surface area contributed by atoms with Crippen LogP contribution in [0.5, 0.6) is 5.75 Å². The molecule has 0 atom stereocenters. The molecule has 0 bridgehead atoms. The van der Waals surface area contributed by atoms with E-state index in [9.17, 15) is 0 Å². The Hall–Kier alpha value is -2.02. The number of pyridine rings is 1. The highest BCUT2D eigenvalue weighted by Crippen LogP contribution is 2.19. The quantitative estimate of drug-likeness (QED) is 0.651. The van der Waals surface area contributed by atoms with Gasteiger partial charge in [0, 0.05) is 12.3 Å². The van der Waals surface area contributed by atoms with Gasteiger partial charge in [0.2, 0.25) is 0 Å². The van der Waals surface area contributed by atoms with Crippen LogP contribution in [0.15, 0.2) is 24.8 Å². The minimum atomic E-state index is 0.507. The molecule has 2 aromatic heterocycles. The summed E-state index contributed by atoms with van der Waals surface area (Å²) in [5.74, 6) is 0.579. The molecule has 0 amide bonds. The molecule has 2 heterocycles. The summed E-state index contributed by atoms with van der Waals surface area (Å²) in [6.45, 7) is 0. The van der Waals surface area contributed by atoms with Crippen molar-refractivity contribution in [1.82, 2.24) is 9.38 Å². The minimum Gasteiger partial charge on any atom is -0.495 e. The van der Waals surface area contributed by atoms with Crippen molar-refractivity contribution in [2.75, 3.05) is 7.11 Å². The number of imidazole rings is 1. The lowest BCUT2D eigenvalue weighted by Crippen LogP contribution is -1.91. The topological polar surface area (TPSA) is 50.3 Å². The number of nitriles is 1. The van der Waals surface area contributed by atoms with Crippen molar-refractivity contribution in [2.24, 2.45) is 0 Å². The van der Waals surface area contributed by atoms with Gasteiger partial charge in [0.1, 0.15) is 17.4 Å². The van der Waals surface area contributed by atoms with E-state index in [1.165, 1.54) is 0 Å². The fraction of sp³-hybridized carbons (Fsp3) is 0.111. The van der Waals surface area contributed by atoms with Crippen molar-refractivity contribution >= 4 is 5.52 Å². The molecule has 0 aromatic carbocycles. The fourth-order valence-corrected chi connectivity index (χ4v) is 1.20. The van der Waals surface area contributed by atoms with Crippen LogP contribution >= 0.6 is 0 Å². The zero-order chi connectivity index (χ0) is 9.26. The maximum absolute atomic E-state index is 8.78. The molecular weight excluding hydrogens is 166 g/mol. The average molecular weight is 173 g/mol. The SMILES string of the molecule is COc1cc2cncn2cc1C#N. The summed E-state index contributed by atoms with van der Waals surface area (Å²) in [6.07, 6.45) is 5.06. The van der Waals surface area contributed by atoms with E-state index in [-0.39, 0.29) is 0 Å². The van der Waals surface area contributed by atoms with E-state index in [0.717, 1.165) is 5.52 Å². The van der Waals surface area contributed by atoms with Gasteiger partial charge < -0.3 is 9.14 Å². The zero-order valence-corrected chi connectivity index (χ0v) is 7.06. The van der Waals surface area contributed by atoms with Gasteiger partial charge in [-0.1, -0.05) is 0 Å². The van der Waals surface area contributed by atoms with Gasteiger partial charge in [0.15, 0.2) is 0 Å². The highest BCUT2D eigenvalue weighted by atomic mass is 16.5. The fourth-order valence-electron chi connectivity index (χ4n) is 1.20. The standard InChI is InChI=1S/C9H7N3O/c1-13-9-2-8-4-11-6-12(8)5-7(9)3-10/h2,4-6H,1H3. The lowest BCUT2D eigenvalue weighted by atomic mass is 10.2. The van der Waals surface area contributed by atoms with Gasteiger partial charge in [-0.2, -0.15) is 5.26 Å². The van der Waals surface area contributed by atoms with Crippen LogP contribution < -0.4 is 4.74 Å². The first-order chi connectivity index (χ1) is 6.35. The molecule has 0 N–H and O–H groups in total. The second-order valence-electron chi connectivity index (χ2n) is 2.59. The van der Waals surface area contributed by atoms with E-state index < -0.39 is 0 Å². The van der Waals surface area contributed by atoms with Crippen LogP contribution in [0.1, 0.15) is 5.56 Å². The average Bonchev–Trinajstić information content (AvgIpc) is 2.62. The van der Waals surface area contributed by atoms with E-state index in [0.29, 0.717) is 11.3 Å². The van der Waals surface area contributed by atoms with Crippen LogP contribution in [-0.4, -0.2) is 16.5 Å². The summed E-state index contributed by atoms with van der Waals surface area (Å²) in [5.41, 5.74) is 1.42. The molecule has 0 saturated heterocycles. The predicted molar refractivity (Wildman–Crippen MR) is 46.5 cm³/mol. The summed E-state index contributed by atoms with van der Waals surface area (Å²) in [7, 11) is 1.54. The van der Waals surface area contributed by atoms with Crippen LogP contribution in [0.4, 0.5) is 0 Å². The van der Waals surface area contributed by atoms with E-state index in [1.54, 1.807) is 36.3 Å². The Labute approximate surface area is 75.0 Å². The summed E-state index contributed by atoms with van der Waals surface area (Å²) >= 11 is 0. The third-order valence-electron chi connectivity index (χ3n) is 1.85. The normalized spacial score (nSPS) is 9.85. The van der Waals surface area contributed by atoms with Crippen LogP contribution in [0.3, 0.4) is 0 Å². The summed E-state index contributed by atoms with van der Waals surface area (Å²) in [4.78, 5) is 3.95. The maximum atomic E-state index is 8.78. The summed E-state index contributed by atoms with van der Waals surface area (Å²) < 4.78 is 6.83. The van der Waals surface area contributed by atoms with Gasteiger partial charge in [-0.3, -0.25) is 0 Å². The second kappa shape index (κ2) is 2.79. The Kier molecular flexibility index (Phi) is 1.64. The van der Waals surface area contributed by atoms with Crippen molar-refractivity contribution < 1.29 is 4.74 Å². The first-order valence-electron chi connectivity index (χ1n) is 3.75. The van der Waals surface area contributed by atoms with Crippen molar-refractivity contribution in [3.05, 3.63) is 30.4 Å². The zero-order valence-electron chi connectivity index (χ0n) is 7.06. The van der Waals surface area contributed by atoms with Crippen LogP contribution in [-0.2, 0) is 0 Å². The van der Waals surface area contributed by atoms with E-state index >= 15 is 0 Å². The van der Waals surface area contributed by atoms with E-state index in [1.807, 2.05) is 0 Å². The summed E-state index contributed by atoms with van der Waals surface area (Å²) in [6, 6.07) is 3.84. The Morgan fingerprint density at radius 2 is 2.46 bits per heavy atom. The first-order valence-corrected chi connectivity index (χ1v) is 3.75. The molecule has 2 rings (SSSR count). The third kappa shape index (κ3) is 1.11. The molecule has 0 aliphatic rings. The van der Waals surface area contributed by atoms with Crippen LogP contribution in [0.25, 0.3) is 5.52 Å². The van der Waals surface area contributed by atoms with Gasteiger partial charge >= 0.3 is 0 Å². The second-order valence-corrected chi connectivity index (χ2v) is 2.59. The first kappa shape index (κ1) is 7.62. The molecule has 0 unspecified atom stereocenters. The number of ether oxygens (including phenoxy) is 1. The molecule has 4 nitrogen and oxygen atoms in total. The molecule has 2 aromatic rings. The van der Waals surface area contributed by atoms with Gasteiger partial charge in [-0.25, -0.2) is 4.98 Å². The highest BCUT2D eigenvalue weighted by molar-refractivity contribution is 5.55. The van der Waals surface area contributed by atoms with Gasteiger partial charge in [0.05, 0.1) is 25.2 Å². The molecular formula is C9H7N3O. The number of nitrogens with zero attached hydrogens (tertiary/aromatic N) is 3. The van der Waals surface area contributed by atoms with Crippen molar-refractivity contribution in [3.63, 3.8) is 0 Å². The van der Waals surface area contributed by atoms with Gasteiger partial charge in [0.25, 0.3) is 0 Å². The monoisotopic (exact) mass is 173 g/mol. The van der Waals surface area contributed by atoms with Crippen molar-refractivity contribution in [3.8, 4) is 11.8 Å². The number of hydrogen-bond donors (Lipinski definition) is 0. The minimum absolute atomic E-state index is 0.507. The van der Waals surface area contributed by atoms with Crippen molar-refractivity contribution in [1.29, 1.82) is 5.26 Å². The summed E-state index contributed by atoms with van der Waals surface area (Å²) in [5, 5.41) is 8.78. The van der Waals surface area contributed by atoms with Crippen LogP contribution in [0.2, 0.25) is 0 Å². The number of aromatic nitrogens is 2. The predicted octanol–water partition coefficient (Wildman–Crippen LogP) is 1.21. The van der Waals surface area contributed by atoms with E-state index in [4.69, 9.17) is 10.00 Å². The molecule has 0 radical (unpaired) electrons. The largest absolute Gasteiger partial charge is 0.495 e. The van der Waals surface area contributed by atoms with Crippen molar-refractivity contribution in [2.45, 2.75) is 0 Å². The lowest BCUT2D eigenvalue weighted by molar-refractivity contribution is 0.413. The Morgan fingerprint density at radius 3 is 3.15 bits per heavy atom. The number of hydrogen-bond acceptors (Lipinski definition) is 3. The smallest absolute Gasteiger partial charge is 0.140 e. The molecule has 13 heavy (non-hydrogen) atoms. The molecule has 0 spiro atoms. The Balaban J connectivity index is 2.76. The lowest BCUT2D eigenvalue weighted by Gasteiger charge is -2.02. The molecule has 0 saturated carbocycles. The number of fused-ring (bicyclic) bond motifs is 1.